The molecule has 0 saturated carbocycles. The second-order valence-corrected chi connectivity index (χ2v) is 10.8. The molecule has 2 aliphatic heterocycles. The Morgan fingerprint density at radius 1 is 1.16 bits per heavy atom. The van der Waals surface area contributed by atoms with Crippen molar-refractivity contribution in [2.75, 3.05) is 46.9 Å². The molecule has 0 unspecified atom stereocenters. The third-order valence-electron chi connectivity index (χ3n) is 8.24. The summed E-state index contributed by atoms with van der Waals surface area (Å²) in [5.74, 6) is -0.628. The molecule has 2 fully saturated rings. The van der Waals surface area contributed by atoms with Gasteiger partial charge in [0.05, 0.1) is 17.7 Å². The first-order valence-electron chi connectivity index (χ1n) is 13.7. The predicted octanol–water partition coefficient (Wildman–Crippen LogP) is 3.90. The number of amides is 2. The fourth-order valence-electron chi connectivity index (χ4n) is 6.15. The SMILES string of the molecule is CN[C@@H]1CN(C(=O)N2CCC[C@@H]([C@@](O)(CCCCOC)c3cccc(F)c3-c3cccc(C)c3)C2)C[C@@H]1O. The summed E-state index contributed by atoms with van der Waals surface area (Å²) < 4.78 is 20.7. The minimum Gasteiger partial charge on any atom is -0.390 e. The molecular weight excluding hydrogens is 485 g/mol. The fourth-order valence-corrected chi connectivity index (χ4v) is 6.15. The molecule has 2 amide bonds. The number of rotatable bonds is 9. The van der Waals surface area contributed by atoms with E-state index in [1.54, 1.807) is 30.0 Å². The molecule has 2 aliphatic rings. The zero-order valence-corrected chi connectivity index (χ0v) is 22.8. The van der Waals surface area contributed by atoms with Crippen LogP contribution in [0.25, 0.3) is 11.1 Å². The van der Waals surface area contributed by atoms with Crippen molar-refractivity contribution in [3.05, 3.63) is 59.4 Å². The molecule has 208 valence electrons. The molecule has 0 aliphatic carbocycles. The minimum absolute atomic E-state index is 0.119. The van der Waals surface area contributed by atoms with Gasteiger partial charge in [-0.05, 0) is 63.3 Å². The first-order chi connectivity index (χ1) is 18.3. The van der Waals surface area contributed by atoms with Gasteiger partial charge in [-0.1, -0.05) is 42.0 Å². The number of carbonyl (C=O) groups excluding carboxylic acids is 1. The number of benzene rings is 2. The van der Waals surface area contributed by atoms with Gasteiger partial charge >= 0.3 is 6.03 Å². The number of carbonyl (C=O) groups is 1. The van der Waals surface area contributed by atoms with E-state index in [0.29, 0.717) is 50.2 Å². The molecule has 4 rings (SSSR count). The number of urea groups is 1. The topological polar surface area (TPSA) is 85.3 Å². The predicted molar refractivity (Wildman–Crippen MR) is 146 cm³/mol. The molecule has 2 heterocycles. The van der Waals surface area contributed by atoms with E-state index >= 15 is 4.39 Å². The number of aliphatic hydroxyl groups excluding tert-OH is 1. The third-order valence-corrected chi connectivity index (χ3v) is 8.24. The number of unbranched alkanes of at least 4 members (excludes halogenated alkanes) is 1. The lowest BCUT2D eigenvalue weighted by atomic mass is 9.72. The zero-order valence-electron chi connectivity index (χ0n) is 22.8. The van der Waals surface area contributed by atoms with E-state index in [0.717, 1.165) is 30.4 Å². The smallest absolute Gasteiger partial charge is 0.320 e. The number of likely N-dealkylation sites (N-methyl/N-ethyl adjacent to an activating group) is 1. The highest BCUT2D eigenvalue weighted by molar-refractivity contribution is 5.75. The van der Waals surface area contributed by atoms with E-state index < -0.39 is 11.7 Å². The van der Waals surface area contributed by atoms with Crippen LogP contribution in [0.4, 0.5) is 9.18 Å². The summed E-state index contributed by atoms with van der Waals surface area (Å²) in [7, 11) is 3.44. The number of ether oxygens (including phenoxy) is 1. The zero-order chi connectivity index (χ0) is 27.3. The highest BCUT2D eigenvalue weighted by atomic mass is 19.1. The van der Waals surface area contributed by atoms with E-state index in [2.05, 4.69) is 5.32 Å². The average molecular weight is 528 g/mol. The number of nitrogens with one attached hydrogen (secondary N) is 1. The molecule has 3 N–H and O–H groups in total. The van der Waals surface area contributed by atoms with Crippen molar-refractivity contribution in [1.29, 1.82) is 0 Å². The Balaban J connectivity index is 1.67. The van der Waals surface area contributed by atoms with Crippen LogP contribution >= 0.6 is 0 Å². The number of nitrogens with zero attached hydrogens (tertiary/aromatic N) is 2. The summed E-state index contributed by atoms with van der Waals surface area (Å²) in [4.78, 5) is 16.9. The summed E-state index contributed by atoms with van der Waals surface area (Å²) in [6.07, 6.45) is 2.80. The number of piperidine rings is 1. The van der Waals surface area contributed by atoms with Crippen molar-refractivity contribution < 1.29 is 24.1 Å². The monoisotopic (exact) mass is 527 g/mol. The largest absolute Gasteiger partial charge is 0.390 e. The Bertz CT molecular complexity index is 1100. The van der Waals surface area contributed by atoms with Crippen molar-refractivity contribution in [2.45, 2.75) is 56.8 Å². The molecule has 38 heavy (non-hydrogen) atoms. The van der Waals surface area contributed by atoms with Crippen LogP contribution in [0.15, 0.2) is 42.5 Å². The second kappa shape index (κ2) is 12.6. The van der Waals surface area contributed by atoms with E-state index in [9.17, 15) is 15.0 Å². The Morgan fingerprint density at radius 2 is 1.95 bits per heavy atom. The molecular formula is C30H42FN3O4. The van der Waals surface area contributed by atoms with E-state index in [-0.39, 0.29) is 30.4 Å². The standard InChI is InChI=1S/C30H42FN3O4/c1-21-9-6-10-22(17-21)28-24(12-7-13-25(28)31)30(37,14-4-5-16-38-3)23-11-8-15-33(18-23)29(36)34-19-26(32-2)27(35)20-34/h6-7,9-10,12-13,17,23,26-27,32,35,37H,4-5,8,11,14-16,18-20H2,1-3H3/t23-,26-,27+,30+/m1/s1. The maximum absolute atomic E-state index is 15.5. The third kappa shape index (κ3) is 6.04. The Hall–Kier alpha value is -2.52. The maximum atomic E-state index is 15.5. The van der Waals surface area contributed by atoms with E-state index in [4.69, 9.17) is 4.74 Å². The minimum atomic E-state index is -1.33. The molecule has 0 radical (unpaired) electrons. The Morgan fingerprint density at radius 3 is 2.66 bits per heavy atom. The van der Waals surface area contributed by atoms with Crippen LogP contribution in [0.5, 0.6) is 0 Å². The Labute approximate surface area is 225 Å². The van der Waals surface area contributed by atoms with Gasteiger partial charge in [-0.15, -0.1) is 0 Å². The van der Waals surface area contributed by atoms with Gasteiger partial charge < -0.3 is 30.1 Å². The second-order valence-electron chi connectivity index (χ2n) is 10.8. The number of aliphatic hydroxyl groups is 2. The van der Waals surface area contributed by atoms with Gasteiger partial charge in [0.15, 0.2) is 0 Å². The molecule has 2 aromatic carbocycles. The highest BCUT2D eigenvalue weighted by Crippen LogP contribution is 2.44. The molecule has 2 aromatic rings. The van der Waals surface area contributed by atoms with Crippen LogP contribution in [0.3, 0.4) is 0 Å². The van der Waals surface area contributed by atoms with Crippen molar-refractivity contribution in [3.63, 3.8) is 0 Å². The number of β-amino-alcohol motifs (C(OH)–C–C–N with tert-alkyl or cyclic N) is 1. The lowest BCUT2D eigenvalue weighted by molar-refractivity contribution is -0.0573. The van der Waals surface area contributed by atoms with Gasteiger partial charge in [-0.2, -0.15) is 0 Å². The van der Waals surface area contributed by atoms with Crippen LogP contribution in [-0.4, -0.2) is 85.1 Å². The molecule has 8 heteroatoms. The van der Waals surface area contributed by atoms with Crippen LogP contribution in [0.2, 0.25) is 0 Å². The summed E-state index contributed by atoms with van der Waals surface area (Å²) in [6.45, 7) is 4.26. The van der Waals surface area contributed by atoms with E-state index in [1.165, 1.54) is 6.07 Å². The number of halogens is 1. The van der Waals surface area contributed by atoms with Crippen LogP contribution in [-0.2, 0) is 10.3 Å². The molecule has 7 nitrogen and oxygen atoms in total. The summed E-state index contributed by atoms with van der Waals surface area (Å²) >= 11 is 0. The fraction of sp³-hybridized carbons (Fsp3) is 0.567. The van der Waals surface area contributed by atoms with Crippen molar-refractivity contribution in [2.24, 2.45) is 5.92 Å². The quantitative estimate of drug-likeness (QED) is 0.431. The summed E-state index contributed by atoms with van der Waals surface area (Å²) in [6, 6.07) is 12.4. The van der Waals surface area contributed by atoms with Gasteiger partial charge in [0, 0.05) is 51.4 Å². The number of hydrogen-bond donors (Lipinski definition) is 3. The van der Waals surface area contributed by atoms with Gasteiger partial charge in [0.2, 0.25) is 0 Å². The molecule has 0 aromatic heterocycles. The van der Waals surface area contributed by atoms with Crippen LogP contribution < -0.4 is 5.32 Å². The van der Waals surface area contributed by atoms with Crippen molar-refractivity contribution in [1.82, 2.24) is 15.1 Å². The van der Waals surface area contributed by atoms with Gasteiger partial charge in [0.25, 0.3) is 0 Å². The van der Waals surface area contributed by atoms with Crippen molar-refractivity contribution >= 4 is 6.03 Å². The number of methoxy groups -OCH3 is 1. The first kappa shape index (κ1) is 28.5. The molecule has 4 atom stereocenters. The van der Waals surface area contributed by atoms with E-state index in [1.807, 2.05) is 37.3 Å². The maximum Gasteiger partial charge on any atom is 0.320 e. The van der Waals surface area contributed by atoms with Gasteiger partial charge in [0.1, 0.15) is 5.82 Å². The average Bonchev–Trinajstić information content (AvgIpc) is 3.31. The summed E-state index contributed by atoms with van der Waals surface area (Å²) in [5.41, 5.74) is 1.43. The summed E-state index contributed by atoms with van der Waals surface area (Å²) in [5, 5.41) is 25.9. The first-order valence-corrected chi connectivity index (χ1v) is 13.7. The molecule has 0 spiro atoms. The lowest BCUT2D eigenvalue weighted by Gasteiger charge is -2.44. The lowest BCUT2D eigenvalue weighted by Crippen LogP contribution is -2.52. The van der Waals surface area contributed by atoms with Gasteiger partial charge in [-0.3, -0.25) is 0 Å². The van der Waals surface area contributed by atoms with Crippen LogP contribution in [0.1, 0.15) is 43.2 Å². The number of aryl methyl sites for hydroxylation is 1. The van der Waals surface area contributed by atoms with Gasteiger partial charge in [-0.25, -0.2) is 9.18 Å². The molecule has 0 bridgehead atoms. The normalized spacial score (nSPS) is 23.5. The number of likely N-dealkylation sites (tertiary alicyclic amines) is 2. The molecule has 2 saturated heterocycles. The van der Waals surface area contributed by atoms with Crippen LogP contribution in [0, 0.1) is 18.7 Å². The highest BCUT2D eigenvalue weighted by Gasteiger charge is 2.44. The van der Waals surface area contributed by atoms with Crippen molar-refractivity contribution in [3.8, 4) is 11.1 Å². The Kier molecular flexibility index (Phi) is 9.41. The number of hydrogen-bond acceptors (Lipinski definition) is 5.